The van der Waals surface area contributed by atoms with Crippen LogP contribution in [0.1, 0.15) is 22.3 Å². The van der Waals surface area contributed by atoms with Crippen LogP contribution in [-0.4, -0.2) is 30.0 Å². The quantitative estimate of drug-likeness (QED) is 0.648. The molecule has 1 unspecified atom stereocenters. The highest BCUT2D eigenvalue weighted by Gasteiger charge is 2.23. The van der Waals surface area contributed by atoms with Crippen LogP contribution < -0.4 is 15.5 Å². The standard InChI is InChI=1S/C23H22F2N4O/c24-20-8-6-16(12-21(20)25)13-26-19-10-11-29(15-19)22-9-7-17(14-27-22)23(30)28-18-4-2-1-3-5-18/h1-9,12,14,19,26H,10-11,13,15H2,(H,28,30). The summed E-state index contributed by atoms with van der Waals surface area (Å²) >= 11 is 0. The van der Waals surface area contributed by atoms with Crippen molar-refractivity contribution in [2.45, 2.75) is 19.0 Å². The van der Waals surface area contributed by atoms with Gasteiger partial charge in [0, 0.05) is 37.6 Å². The zero-order valence-electron chi connectivity index (χ0n) is 16.3. The number of hydrogen-bond acceptors (Lipinski definition) is 4. The van der Waals surface area contributed by atoms with Crippen molar-refractivity contribution in [3.63, 3.8) is 0 Å². The van der Waals surface area contributed by atoms with Crippen LogP contribution in [0.25, 0.3) is 0 Å². The Kier molecular flexibility index (Phi) is 5.99. The van der Waals surface area contributed by atoms with Gasteiger partial charge in [-0.1, -0.05) is 24.3 Å². The number of rotatable bonds is 6. The number of nitrogens with one attached hydrogen (secondary N) is 2. The zero-order chi connectivity index (χ0) is 20.9. The molecule has 1 aliphatic heterocycles. The van der Waals surface area contributed by atoms with E-state index in [0.29, 0.717) is 17.7 Å². The molecule has 1 amide bonds. The Balaban J connectivity index is 1.30. The van der Waals surface area contributed by atoms with Gasteiger partial charge in [-0.3, -0.25) is 4.79 Å². The Labute approximate surface area is 173 Å². The van der Waals surface area contributed by atoms with Crippen molar-refractivity contribution in [1.29, 1.82) is 0 Å². The summed E-state index contributed by atoms with van der Waals surface area (Å²) in [4.78, 5) is 18.9. The van der Waals surface area contributed by atoms with Crippen molar-refractivity contribution in [3.05, 3.63) is 89.6 Å². The SMILES string of the molecule is O=C(Nc1ccccc1)c1ccc(N2CCC(NCc3ccc(F)c(F)c3)C2)nc1. The Morgan fingerprint density at radius 2 is 1.90 bits per heavy atom. The van der Waals surface area contributed by atoms with Gasteiger partial charge in [0.05, 0.1) is 5.56 Å². The summed E-state index contributed by atoms with van der Waals surface area (Å²) < 4.78 is 26.4. The molecule has 4 rings (SSSR count). The van der Waals surface area contributed by atoms with Crippen molar-refractivity contribution in [2.75, 3.05) is 23.3 Å². The molecule has 154 valence electrons. The summed E-state index contributed by atoms with van der Waals surface area (Å²) in [6, 6.07) is 17.1. The van der Waals surface area contributed by atoms with Crippen molar-refractivity contribution < 1.29 is 13.6 Å². The molecular formula is C23H22F2N4O. The largest absolute Gasteiger partial charge is 0.355 e. The maximum Gasteiger partial charge on any atom is 0.257 e. The van der Waals surface area contributed by atoms with Crippen molar-refractivity contribution in [3.8, 4) is 0 Å². The minimum Gasteiger partial charge on any atom is -0.355 e. The minimum atomic E-state index is -0.835. The number of amides is 1. The molecule has 2 aromatic carbocycles. The lowest BCUT2D eigenvalue weighted by molar-refractivity contribution is 0.102. The van der Waals surface area contributed by atoms with E-state index in [2.05, 4.69) is 20.5 Å². The second-order valence-corrected chi connectivity index (χ2v) is 7.29. The first-order chi connectivity index (χ1) is 14.6. The first kappa shape index (κ1) is 20.0. The lowest BCUT2D eigenvalue weighted by Gasteiger charge is -2.18. The van der Waals surface area contributed by atoms with Gasteiger partial charge in [-0.25, -0.2) is 13.8 Å². The highest BCUT2D eigenvalue weighted by molar-refractivity contribution is 6.04. The van der Waals surface area contributed by atoms with Crippen molar-refractivity contribution in [2.24, 2.45) is 0 Å². The number of nitrogens with zero attached hydrogens (tertiary/aromatic N) is 2. The summed E-state index contributed by atoms with van der Waals surface area (Å²) in [5.41, 5.74) is 1.94. The fraction of sp³-hybridized carbons (Fsp3) is 0.217. The van der Waals surface area contributed by atoms with E-state index in [1.165, 1.54) is 6.07 Å². The van der Waals surface area contributed by atoms with E-state index < -0.39 is 11.6 Å². The first-order valence-corrected chi connectivity index (χ1v) is 9.83. The third-order valence-corrected chi connectivity index (χ3v) is 5.13. The van der Waals surface area contributed by atoms with Gasteiger partial charge in [0.1, 0.15) is 5.82 Å². The third-order valence-electron chi connectivity index (χ3n) is 5.13. The van der Waals surface area contributed by atoms with Gasteiger partial charge >= 0.3 is 0 Å². The summed E-state index contributed by atoms with van der Waals surface area (Å²) in [5, 5.41) is 6.22. The number of halogens is 2. The van der Waals surface area contributed by atoms with Crippen LogP contribution in [0.3, 0.4) is 0 Å². The van der Waals surface area contributed by atoms with E-state index in [9.17, 15) is 13.6 Å². The molecule has 2 N–H and O–H groups in total. The maximum atomic E-state index is 13.3. The van der Waals surface area contributed by atoms with Gasteiger partial charge in [-0.05, 0) is 48.4 Å². The number of aromatic nitrogens is 1. The second-order valence-electron chi connectivity index (χ2n) is 7.29. The molecule has 5 nitrogen and oxygen atoms in total. The average Bonchev–Trinajstić information content (AvgIpc) is 3.24. The number of carbonyl (C=O) groups excluding carboxylic acids is 1. The predicted octanol–water partition coefficient (Wildman–Crippen LogP) is 3.98. The predicted molar refractivity (Wildman–Crippen MR) is 112 cm³/mol. The number of benzene rings is 2. The van der Waals surface area contributed by atoms with Crippen LogP contribution in [0.4, 0.5) is 20.3 Å². The fourth-order valence-electron chi connectivity index (χ4n) is 3.48. The molecule has 0 aliphatic carbocycles. The van der Waals surface area contributed by atoms with E-state index in [1.54, 1.807) is 18.3 Å². The molecule has 0 saturated carbocycles. The van der Waals surface area contributed by atoms with E-state index in [1.807, 2.05) is 36.4 Å². The van der Waals surface area contributed by atoms with Gasteiger partial charge < -0.3 is 15.5 Å². The van der Waals surface area contributed by atoms with E-state index in [4.69, 9.17) is 0 Å². The van der Waals surface area contributed by atoms with Crippen LogP contribution >= 0.6 is 0 Å². The number of carbonyl (C=O) groups is 1. The normalized spacial score (nSPS) is 15.9. The molecule has 7 heteroatoms. The van der Waals surface area contributed by atoms with Crippen LogP contribution in [0.5, 0.6) is 0 Å². The molecule has 0 spiro atoms. The average molecular weight is 408 g/mol. The summed E-state index contributed by atoms with van der Waals surface area (Å²) in [6.45, 7) is 2.06. The first-order valence-electron chi connectivity index (χ1n) is 9.83. The van der Waals surface area contributed by atoms with Gasteiger partial charge in [-0.2, -0.15) is 0 Å². The maximum absolute atomic E-state index is 13.3. The molecule has 1 aromatic heterocycles. The van der Waals surface area contributed by atoms with Crippen LogP contribution in [-0.2, 0) is 6.54 Å². The molecule has 0 bridgehead atoms. The number of pyridine rings is 1. The minimum absolute atomic E-state index is 0.201. The van der Waals surface area contributed by atoms with Gasteiger partial charge in [0.15, 0.2) is 11.6 Å². The van der Waals surface area contributed by atoms with Crippen LogP contribution in [0.15, 0.2) is 66.9 Å². The summed E-state index contributed by atoms with van der Waals surface area (Å²) in [7, 11) is 0. The molecule has 1 fully saturated rings. The molecule has 30 heavy (non-hydrogen) atoms. The lowest BCUT2D eigenvalue weighted by Crippen LogP contribution is -2.32. The lowest BCUT2D eigenvalue weighted by atomic mass is 10.2. The number of para-hydroxylation sites is 1. The zero-order valence-corrected chi connectivity index (χ0v) is 16.3. The summed E-state index contributed by atoms with van der Waals surface area (Å²) in [6.07, 6.45) is 2.50. The van der Waals surface area contributed by atoms with Crippen LogP contribution in [0.2, 0.25) is 0 Å². The Hall–Kier alpha value is -3.32. The van der Waals surface area contributed by atoms with E-state index in [0.717, 1.165) is 37.1 Å². The summed E-state index contributed by atoms with van der Waals surface area (Å²) in [5.74, 6) is -1.06. The van der Waals surface area contributed by atoms with E-state index in [-0.39, 0.29) is 11.9 Å². The third kappa shape index (κ3) is 4.80. The second kappa shape index (κ2) is 9.00. The topological polar surface area (TPSA) is 57.3 Å². The monoisotopic (exact) mass is 408 g/mol. The molecule has 3 aromatic rings. The Morgan fingerprint density at radius 1 is 1.07 bits per heavy atom. The Morgan fingerprint density at radius 3 is 2.63 bits per heavy atom. The molecule has 1 saturated heterocycles. The van der Waals surface area contributed by atoms with Crippen molar-refractivity contribution >= 4 is 17.4 Å². The van der Waals surface area contributed by atoms with Gasteiger partial charge in [0.2, 0.25) is 0 Å². The number of anilines is 2. The highest BCUT2D eigenvalue weighted by Crippen LogP contribution is 2.19. The van der Waals surface area contributed by atoms with Gasteiger partial charge in [-0.15, -0.1) is 0 Å². The Bertz CT molecular complexity index is 1010. The smallest absolute Gasteiger partial charge is 0.257 e. The molecular weight excluding hydrogens is 386 g/mol. The van der Waals surface area contributed by atoms with Crippen molar-refractivity contribution in [1.82, 2.24) is 10.3 Å². The fourth-order valence-corrected chi connectivity index (χ4v) is 3.48. The van der Waals surface area contributed by atoms with Gasteiger partial charge in [0.25, 0.3) is 5.91 Å². The molecule has 2 heterocycles. The molecule has 1 aliphatic rings. The number of hydrogen-bond donors (Lipinski definition) is 2. The highest BCUT2D eigenvalue weighted by atomic mass is 19.2. The molecule has 1 atom stereocenters. The van der Waals surface area contributed by atoms with Crippen LogP contribution in [0, 0.1) is 11.6 Å². The van der Waals surface area contributed by atoms with E-state index >= 15 is 0 Å². The molecule has 0 radical (unpaired) electrons.